The van der Waals surface area contributed by atoms with E-state index in [9.17, 15) is 0 Å². The summed E-state index contributed by atoms with van der Waals surface area (Å²) in [7, 11) is 0. The zero-order valence-electron chi connectivity index (χ0n) is 17.0. The number of rotatable bonds is 1. The molecule has 0 bridgehead atoms. The highest BCUT2D eigenvalue weighted by Crippen LogP contribution is 2.52. The Morgan fingerprint density at radius 2 is 2.04 bits per heavy atom. The van der Waals surface area contributed by atoms with Crippen LogP contribution in [0.4, 0.5) is 5.69 Å². The van der Waals surface area contributed by atoms with Crippen molar-refractivity contribution in [1.29, 1.82) is 0 Å². The summed E-state index contributed by atoms with van der Waals surface area (Å²) >= 11 is 0. The van der Waals surface area contributed by atoms with Gasteiger partial charge in [0.05, 0.1) is 11.4 Å². The molecule has 4 rings (SSSR count). The summed E-state index contributed by atoms with van der Waals surface area (Å²) in [4.78, 5) is 8.14. The molecule has 1 aromatic carbocycles. The van der Waals surface area contributed by atoms with Gasteiger partial charge < -0.3 is 9.80 Å². The first-order valence-corrected chi connectivity index (χ1v) is 7.99. The van der Waals surface area contributed by atoms with E-state index in [1.54, 1.807) is 6.20 Å². The summed E-state index contributed by atoms with van der Waals surface area (Å²) in [6.07, 6.45) is 5.11. The fraction of sp³-hybridized carbons (Fsp3) is 0.350. The maximum atomic E-state index is 7.77. The molecule has 1 aliphatic heterocycles. The highest BCUT2D eigenvalue weighted by atomic mass is 15.4. The molecule has 0 fully saturated rings. The van der Waals surface area contributed by atoms with Gasteiger partial charge in [0.2, 0.25) is 0 Å². The summed E-state index contributed by atoms with van der Waals surface area (Å²) in [6.45, 7) is 6.29. The van der Waals surface area contributed by atoms with Gasteiger partial charge in [-0.2, -0.15) is 0 Å². The average molecular weight is 308 g/mol. The van der Waals surface area contributed by atoms with Gasteiger partial charge in [-0.05, 0) is 36.6 Å². The van der Waals surface area contributed by atoms with Crippen molar-refractivity contribution in [2.75, 3.05) is 11.9 Å². The fourth-order valence-electron chi connectivity index (χ4n) is 3.91. The molecule has 0 radical (unpaired) electrons. The predicted molar refractivity (Wildman–Crippen MR) is 95.4 cm³/mol. The molecule has 2 aromatic rings. The number of nitrogens with zero attached hydrogens (tertiary/aromatic N) is 3. The summed E-state index contributed by atoms with van der Waals surface area (Å²) < 4.78 is 23.3. The second kappa shape index (κ2) is 4.60. The van der Waals surface area contributed by atoms with Crippen LogP contribution >= 0.6 is 0 Å². The lowest BCUT2D eigenvalue weighted by Crippen LogP contribution is -2.35. The number of anilines is 1. The quantitative estimate of drug-likeness (QED) is 0.784. The Hall–Kier alpha value is -2.29. The molecule has 2 aliphatic rings. The smallest absolute Gasteiger partial charge is 0.102 e. The lowest BCUT2D eigenvalue weighted by molar-refractivity contribution is 0.382. The minimum Gasteiger partial charge on any atom is -0.359 e. The van der Waals surface area contributed by atoms with Gasteiger partial charge in [0, 0.05) is 40.7 Å². The molecule has 0 N–H and O–H groups in total. The predicted octanol–water partition coefficient (Wildman–Crippen LogP) is 4.27. The molecular weight excluding hydrogens is 282 g/mol. The summed E-state index contributed by atoms with van der Waals surface area (Å²) in [6, 6.07) is 8.36. The van der Waals surface area contributed by atoms with Crippen molar-refractivity contribution >= 4 is 5.69 Å². The number of aromatic nitrogens is 1. The van der Waals surface area contributed by atoms with Gasteiger partial charge in [-0.15, -0.1) is 0 Å². The number of fused-ring (bicyclic) bond motifs is 3. The van der Waals surface area contributed by atoms with Crippen LogP contribution in [0.3, 0.4) is 0 Å². The topological polar surface area (TPSA) is 19.4 Å². The minimum absolute atomic E-state index is 0.193. The van der Waals surface area contributed by atoms with E-state index in [1.807, 2.05) is 25.4 Å². The van der Waals surface area contributed by atoms with Crippen LogP contribution in [0.15, 0.2) is 42.9 Å². The van der Waals surface area contributed by atoms with Gasteiger partial charge in [-0.3, -0.25) is 4.98 Å². The van der Waals surface area contributed by atoms with Crippen LogP contribution in [0.5, 0.6) is 0 Å². The molecule has 0 saturated carbocycles. The Balaban J connectivity index is 1.91. The van der Waals surface area contributed by atoms with Gasteiger partial charge in [0.25, 0.3) is 0 Å². The van der Waals surface area contributed by atoms with Crippen LogP contribution in [-0.4, -0.2) is 23.0 Å². The Morgan fingerprint density at radius 1 is 1.22 bits per heavy atom. The van der Waals surface area contributed by atoms with E-state index in [2.05, 4.69) is 48.9 Å². The van der Waals surface area contributed by atoms with E-state index in [1.165, 1.54) is 16.0 Å². The molecule has 2 heterocycles. The van der Waals surface area contributed by atoms with Crippen molar-refractivity contribution in [3.8, 4) is 11.3 Å². The van der Waals surface area contributed by atoms with Crippen LogP contribution in [0, 0.1) is 6.92 Å². The van der Waals surface area contributed by atoms with Crippen LogP contribution in [0.25, 0.3) is 11.3 Å². The zero-order valence-corrected chi connectivity index (χ0v) is 14.0. The second-order valence-corrected chi connectivity index (χ2v) is 6.92. The molecular formula is C20H23N3. The third-order valence-corrected chi connectivity index (χ3v) is 5.19. The lowest BCUT2D eigenvalue weighted by Gasteiger charge is -2.33. The lowest BCUT2D eigenvalue weighted by atomic mass is 9.80. The van der Waals surface area contributed by atoms with Gasteiger partial charge in [-0.25, -0.2) is 0 Å². The van der Waals surface area contributed by atoms with E-state index in [-0.39, 0.29) is 11.6 Å². The molecule has 1 aliphatic carbocycles. The monoisotopic (exact) mass is 308 g/mol. The van der Waals surface area contributed by atoms with Gasteiger partial charge in [0.1, 0.15) is 6.17 Å². The van der Waals surface area contributed by atoms with Gasteiger partial charge in [-0.1, -0.05) is 32.0 Å². The van der Waals surface area contributed by atoms with E-state index in [4.69, 9.17) is 4.11 Å². The third kappa shape index (κ3) is 1.79. The fourth-order valence-corrected chi connectivity index (χ4v) is 3.91. The van der Waals surface area contributed by atoms with Crippen LogP contribution in [0.2, 0.25) is 0 Å². The molecule has 3 heteroatoms. The summed E-state index contributed by atoms with van der Waals surface area (Å²) in [5, 5.41) is 0. The van der Waals surface area contributed by atoms with Crippen molar-refractivity contribution in [2.24, 2.45) is 0 Å². The summed E-state index contributed by atoms with van der Waals surface area (Å²) in [5.74, 6) is 0. The highest BCUT2D eigenvalue weighted by molar-refractivity contribution is 5.86. The van der Waals surface area contributed by atoms with Crippen LogP contribution in [-0.2, 0) is 5.41 Å². The van der Waals surface area contributed by atoms with Gasteiger partial charge in [0.15, 0.2) is 0 Å². The summed E-state index contributed by atoms with van der Waals surface area (Å²) in [5.41, 5.74) is 6.62. The molecule has 0 unspecified atom stereocenters. The van der Waals surface area contributed by atoms with Crippen molar-refractivity contribution in [3.63, 3.8) is 0 Å². The van der Waals surface area contributed by atoms with Gasteiger partial charge >= 0.3 is 0 Å². The number of benzene rings is 1. The first-order chi connectivity index (χ1) is 12.1. The maximum Gasteiger partial charge on any atom is 0.102 e. The van der Waals surface area contributed by atoms with E-state index >= 15 is 0 Å². The largest absolute Gasteiger partial charge is 0.359 e. The second-order valence-electron chi connectivity index (χ2n) is 6.92. The average Bonchev–Trinajstić information content (AvgIpc) is 3.05. The normalized spacial score (nSPS) is 23.3. The van der Waals surface area contributed by atoms with E-state index in [0.717, 1.165) is 22.5 Å². The number of pyridine rings is 1. The molecule has 0 spiro atoms. The molecule has 118 valence electrons. The molecule has 1 atom stereocenters. The highest BCUT2D eigenvalue weighted by Gasteiger charge is 2.40. The molecule has 1 aromatic heterocycles. The number of aryl methyl sites for hydroxylation is 1. The van der Waals surface area contributed by atoms with Crippen LogP contribution in [0.1, 0.15) is 41.6 Å². The van der Waals surface area contributed by atoms with Crippen molar-refractivity contribution in [2.45, 2.75) is 39.3 Å². The third-order valence-electron chi connectivity index (χ3n) is 5.19. The van der Waals surface area contributed by atoms with E-state index < -0.39 is 6.98 Å². The first-order valence-electron chi connectivity index (χ1n) is 9.49. The van der Waals surface area contributed by atoms with Crippen molar-refractivity contribution in [1.82, 2.24) is 9.88 Å². The number of hydrogen-bond acceptors (Lipinski definition) is 3. The standard InChI is InChI=1S/C20H23N3/c1-13-8-9-15-17(19(13)23-12-11-22(5)14(23)2)20(3,4)16-7-6-10-21-18(15)16/h6-12,14H,1-5H3/t14-/m0/s1/i5D3. The molecule has 23 heavy (non-hydrogen) atoms. The molecule has 0 saturated heterocycles. The Labute approximate surface area is 142 Å². The Bertz CT molecular complexity index is 915. The zero-order chi connectivity index (χ0) is 18.9. The Kier molecular flexibility index (Phi) is 2.26. The molecule has 0 amide bonds. The van der Waals surface area contributed by atoms with Crippen molar-refractivity contribution < 1.29 is 4.11 Å². The maximum absolute atomic E-state index is 7.77. The van der Waals surface area contributed by atoms with Crippen molar-refractivity contribution in [3.05, 3.63) is 59.6 Å². The number of hydrogen-bond donors (Lipinski definition) is 0. The van der Waals surface area contributed by atoms with Crippen LogP contribution < -0.4 is 4.90 Å². The SMILES string of the molecule is [2H]C([2H])([2H])N1C=CN(c2c(C)ccc3c2C(C)(C)c2cccnc2-3)[C@H]1C. The van der Waals surface area contributed by atoms with E-state index in [0.29, 0.717) is 0 Å². The Morgan fingerprint density at radius 3 is 2.78 bits per heavy atom. The minimum atomic E-state index is -2.16. The first kappa shape index (κ1) is 11.3. The molecule has 3 nitrogen and oxygen atoms in total.